The molecule has 2 aromatic rings. The molecule has 27 heavy (non-hydrogen) atoms. The van der Waals surface area contributed by atoms with E-state index in [1.165, 1.54) is 11.1 Å². The van der Waals surface area contributed by atoms with Gasteiger partial charge >= 0.3 is 0 Å². The minimum atomic E-state index is -0.307. The van der Waals surface area contributed by atoms with Crippen molar-refractivity contribution in [2.24, 2.45) is 5.92 Å². The predicted molar refractivity (Wildman–Crippen MR) is 108 cm³/mol. The van der Waals surface area contributed by atoms with Gasteiger partial charge in [-0.2, -0.15) is 0 Å². The summed E-state index contributed by atoms with van der Waals surface area (Å²) in [5.74, 6) is -0.358. The van der Waals surface area contributed by atoms with Crippen LogP contribution in [-0.2, 0) is 9.59 Å². The zero-order chi connectivity index (χ0) is 19.4. The van der Waals surface area contributed by atoms with Gasteiger partial charge in [0.25, 0.3) is 0 Å². The summed E-state index contributed by atoms with van der Waals surface area (Å²) >= 11 is 0. The van der Waals surface area contributed by atoms with Crippen LogP contribution in [0.1, 0.15) is 23.6 Å². The smallest absolute Gasteiger partial charge is 0.227 e. The van der Waals surface area contributed by atoms with Gasteiger partial charge in [0.05, 0.1) is 12.0 Å². The Labute approximate surface area is 161 Å². The number of carbonyl (C=O) groups excluding carboxylic acids is 2. The number of benzene rings is 2. The van der Waals surface area contributed by atoms with E-state index in [4.69, 9.17) is 0 Å². The van der Waals surface area contributed by atoms with E-state index in [1.807, 2.05) is 44.4 Å². The van der Waals surface area contributed by atoms with Crippen LogP contribution in [0, 0.1) is 12.8 Å². The van der Waals surface area contributed by atoms with Crippen LogP contribution in [0.4, 0.5) is 5.69 Å². The zero-order valence-electron chi connectivity index (χ0n) is 16.2. The third-order valence-corrected chi connectivity index (χ3v) is 5.12. The molecule has 1 saturated heterocycles. The lowest BCUT2D eigenvalue weighted by atomic mass is 10.0. The molecule has 0 radical (unpaired) electrons. The van der Waals surface area contributed by atoms with Crippen LogP contribution in [0.15, 0.2) is 54.6 Å². The largest absolute Gasteiger partial charge is 0.354 e. The maximum Gasteiger partial charge on any atom is 0.227 e. The summed E-state index contributed by atoms with van der Waals surface area (Å²) in [6.45, 7) is 3.02. The van der Waals surface area contributed by atoms with Gasteiger partial charge in [0.1, 0.15) is 0 Å². The number of nitrogens with zero attached hydrogens (tertiary/aromatic N) is 2. The van der Waals surface area contributed by atoms with Crippen LogP contribution >= 0.6 is 0 Å². The van der Waals surface area contributed by atoms with Crippen molar-refractivity contribution in [1.29, 1.82) is 0 Å². The maximum absolute atomic E-state index is 12.7. The predicted octanol–water partition coefficient (Wildman–Crippen LogP) is 2.77. The molecular formula is C22H27N3O2. The van der Waals surface area contributed by atoms with Crippen molar-refractivity contribution in [2.45, 2.75) is 19.4 Å². The van der Waals surface area contributed by atoms with Crippen LogP contribution in [0.3, 0.4) is 0 Å². The van der Waals surface area contributed by atoms with Crippen molar-refractivity contribution >= 4 is 17.5 Å². The molecule has 0 aliphatic carbocycles. The molecule has 1 fully saturated rings. The molecule has 0 bridgehead atoms. The first-order valence-electron chi connectivity index (χ1n) is 9.32. The SMILES string of the molecule is Cc1ccc(C(CNC(=O)C2CC(=O)N(c3ccccc3)C2)N(C)C)cc1. The number of amides is 2. The number of hydrogen-bond acceptors (Lipinski definition) is 3. The normalized spacial score (nSPS) is 18.0. The zero-order valence-corrected chi connectivity index (χ0v) is 16.2. The highest BCUT2D eigenvalue weighted by Crippen LogP contribution is 2.25. The van der Waals surface area contributed by atoms with Gasteiger partial charge < -0.3 is 15.1 Å². The Hall–Kier alpha value is -2.66. The second-order valence-electron chi connectivity index (χ2n) is 7.38. The Kier molecular flexibility index (Phi) is 5.91. The molecule has 0 aromatic heterocycles. The molecule has 142 valence electrons. The lowest BCUT2D eigenvalue weighted by molar-refractivity contribution is -0.126. The lowest BCUT2D eigenvalue weighted by Crippen LogP contribution is -2.38. The van der Waals surface area contributed by atoms with Crippen molar-refractivity contribution in [3.05, 3.63) is 65.7 Å². The molecule has 2 aromatic carbocycles. The molecule has 2 atom stereocenters. The second kappa shape index (κ2) is 8.35. The van der Waals surface area contributed by atoms with E-state index in [-0.39, 0.29) is 30.2 Å². The molecule has 1 aliphatic rings. The number of aryl methyl sites for hydroxylation is 1. The van der Waals surface area contributed by atoms with Crippen LogP contribution in [0.5, 0.6) is 0 Å². The van der Waals surface area contributed by atoms with Crippen molar-refractivity contribution in [3.63, 3.8) is 0 Å². The van der Waals surface area contributed by atoms with Crippen molar-refractivity contribution < 1.29 is 9.59 Å². The summed E-state index contributed by atoms with van der Waals surface area (Å²) < 4.78 is 0. The maximum atomic E-state index is 12.7. The van der Waals surface area contributed by atoms with E-state index in [1.54, 1.807) is 4.90 Å². The molecular weight excluding hydrogens is 338 g/mol. The first-order valence-corrected chi connectivity index (χ1v) is 9.32. The molecule has 5 heteroatoms. The molecule has 2 amide bonds. The summed E-state index contributed by atoms with van der Waals surface area (Å²) in [7, 11) is 4.01. The average molecular weight is 365 g/mol. The number of likely N-dealkylation sites (N-methyl/N-ethyl adjacent to an activating group) is 1. The minimum Gasteiger partial charge on any atom is -0.354 e. The van der Waals surface area contributed by atoms with E-state index in [9.17, 15) is 9.59 Å². The number of hydrogen-bond donors (Lipinski definition) is 1. The van der Waals surface area contributed by atoms with Crippen molar-refractivity contribution in [3.8, 4) is 0 Å². The van der Waals surface area contributed by atoms with E-state index >= 15 is 0 Å². The van der Waals surface area contributed by atoms with Gasteiger partial charge in [-0.25, -0.2) is 0 Å². The first kappa shape index (κ1) is 19.1. The quantitative estimate of drug-likeness (QED) is 0.856. The Morgan fingerprint density at radius 2 is 1.81 bits per heavy atom. The second-order valence-corrected chi connectivity index (χ2v) is 7.38. The van der Waals surface area contributed by atoms with E-state index in [0.29, 0.717) is 13.1 Å². The van der Waals surface area contributed by atoms with Crippen molar-refractivity contribution in [2.75, 3.05) is 32.1 Å². The molecule has 1 aliphatic heterocycles. The fourth-order valence-electron chi connectivity index (χ4n) is 3.47. The van der Waals surface area contributed by atoms with Crippen LogP contribution in [0.25, 0.3) is 0 Å². The first-order chi connectivity index (χ1) is 13.0. The van der Waals surface area contributed by atoms with E-state index in [0.717, 1.165) is 5.69 Å². The third kappa shape index (κ3) is 4.55. The summed E-state index contributed by atoms with van der Waals surface area (Å²) in [6.07, 6.45) is 0.262. The number of rotatable bonds is 6. The molecule has 0 saturated carbocycles. The van der Waals surface area contributed by atoms with Gasteiger partial charge in [0.15, 0.2) is 0 Å². The summed E-state index contributed by atoms with van der Waals surface area (Å²) in [5, 5.41) is 3.05. The number of carbonyl (C=O) groups is 2. The fourth-order valence-corrected chi connectivity index (χ4v) is 3.47. The number of para-hydroxylation sites is 1. The van der Waals surface area contributed by atoms with Gasteiger partial charge in [0, 0.05) is 25.2 Å². The highest BCUT2D eigenvalue weighted by Gasteiger charge is 2.35. The fraction of sp³-hybridized carbons (Fsp3) is 0.364. The van der Waals surface area contributed by atoms with E-state index in [2.05, 4.69) is 41.4 Å². The highest BCUT2D eigenvalue weighted by molar-refractivity contribution is 6.00. The van der Waals surface area contributed by atoms with Gasteiger partial charge in [0.2, 0.25) is 11.8 Å². The van der Waals surface area contributed by atoms with Crippen molar-refractivity contribution in [1.82, 2.24) is 10.2 Å². The minimum absolute atomic E-state index is 0.00374. The van der Waals surface area contributed by atoms with Crippen LogP contribution in [-0.4, -0.2) is 43.9 Å². The summed E-state index contributed by atoms with van der Waals surface area (Å²) in [5.41, 5.74) is 3.23. The molecule has 0 spiro atoms. The molecule has 3 rings (SSSR count). The molecule has 5 nitrogen and oxygen atoms in total. The van der Waals surface area contributed by atoms with Gasteiger partial charge in [-0.3, -0.25) is 9.59 Å². The summed E-state index contributed by atoms with van der Waals surface area (Å²) in [4.78, 5) is 28.8. The van der Waals surface area contributed by atoms with Gasteiger partial charge in [-0.05, 0) is 38.7 Å². The van der Waals surface area contributed by atoms with Gasteiger partial charge in [-0.15, -0.1) is 0 Å². The van der Waals surface area contributed by atoms with E-state index < -0.39 is 0 Å². The Bertz CT molecular complexity index is 787. The summed E-state index contributed by atoms with van der Waals surface area (Å²) in [6, 6.07) is 18.0. The number of anilines is 1. The Balaban J connectivity index is 1.61. The monoisotopic (exact) mass is 365 g/mol. The molecule has 1 heterocycles. The van der Waals surface area contributed by atoms with Crippen LogP contribution < -0.4 is 10.2 Å². The molecule has 2 unspecified atom stereocenters. The average Bonchev–Trinajstić information content (AvgIpc) is 3.05. The highest BCUT2D eigenvalue weighted by atomic mass is 16.2. The topological polar surface area (TPSA) is 52.7 Å². The third-order valence-electron chi connectivity index (χ3n) is 5.12. The molecule has 1 N–H and O–H groups in total. The standard InChI is InChI=1S/C22H27N3O2/c1-16-9-11-17(12-10-16)20(24(2)3)14-23-22(27)18-13-21(26)25(15-18)19-7-5-4-6-8-19/h4-12,18,20H,13-15H2,1-3H3,(H,23,27). The number of nitrogens with one attached hydrogen (secondary N) is 1. The Morgan fingerprint density at radius 1 is 1.15 bits per heavy atom. The van der Waals surface area contributed by atoms with Crippen LogP contribution in [0.2, 0.25) is 0 Å². The lowest BCUT2D eigenvalue weighted by Gasteiger charge is -2.26. The Morgan fingerprint density at radius 3 is 2.44 bits per heavy atom. The van der Waals surface area contributed by atoms with Gasteiger partial charge in [-0.1, -0.05) is 48.0 Å².